The molecule has 0 unspecified atom stereocenters. The van der Waals surface area contributed by atoms with Gasteiger partial charge < -0.3 is 5.73 Å². The maximum absolute atomic E-state index is 5.61. The molecule has 0 atom stereocenters. The number of rotatable bonds is 1. The first-order valence-electron chi connectivity index (χ1n) is 4.20. The van der Waals surface area contributed by atoms with E-state index in [0.717, 1.165) is 11.3 Å². The Morgan fingerprint density at radius 3 is 2.50 bits per heavy atom. The predicted octanol–water partition coefficient (Wildman–Crippen LogP) is 1.84. The Labute approximate surface area is 73.8 Å². The number of nitrogens with zero attached hydrogens (tertiary/aromatic N) is 1. The fraction of sp³-hybridized carbons (Fsp3) is 0.500. The smallest absolute Gasteiger partial charge is 0.0501 e. The molecule has 66 valence electrons. The van der Waals surface area contributed by atoms with Crippen molar-refractivity contribution in [1.82, 2.24) is 4.98 Å². The Morgan fingerprint density at radius 2 is 2.08 bits per heavy atom. The molecule has 1 aromatic heterocycles. The Bertz CT molecular complexity index is 261. The molecule has 0 saturated carbocycles. The minimum absolute atomic E-state index is 0.0932. The molecule has 1 aromatic rings. The Kier molecular flexibility index (Phi) is 2.48. The summed E-state index contributed by atoms with van der Waals surface area (Å²) >= 11 is 0. The molecule has 0 fully saturated rings. The zero-order chi connectivity index (χ0) is 9.19. The van der Waals surface area contributed by atoms with Gasteiger partial charge in [-0.2, -0.15) is 0 Å². The van der Waals surface area contributed by atoms with Crippen LogP contribution in [0.3, 0.4) is 0 Å². The average molecular weight is 164 g/mol. The van der Waals surface area contributed by atoms with Crippen molar-refractivity contribution in [3.8, 4) is 0 Å². The highest BCUT2D eigenvalue weighted by Gasteiger charge is 2.17. The molecule has 0 saturated heterocycles. The fourth-order valence-corrected chi connectivity index (χ4v) is 1.28. The SMILES string of the molecule is CC(C)(C)c1ncccc1CN. The van der Waals surface area contributed by atoms with E-state index in [0.29, 0.717) is 6.54 Å². The van der Waals surface area contributed by atoms with Crippen LogP contribution in [0.2, 0.25) is 0 Å². The van der Waals surface area contributed by atoms with Crippen molar-refractivity contribution in [3.63, 3.8) is 0 Å². The second-order valence-electron chi connectivity index (χ2n) is 3.97. The van der Waals surface area contributed by atoms with Gasteiger partial charge in [0, 0.05) is 18.2 Å². The molecule has 2 nitrogen and oxygen atoms in total. The van der Waals surface area contributed by atoms with Crippen molar-refractivity contribution in [2.45, 2.75) is 32.7 Å². The second-order valence-corrected chi connectivity index (χ2v) is 3.97. The van der Waals surface area contributed by atoms with Gasteiger partial charge in [-0.05, 0) is 11.6 Å². The summed E-state index contributed by atoms with van der Waals surface area (Å²) in [6, 6.07) is 3.96. The first-order chi connectivity index (χ1) is 5.55. The van der Waals surface area contributed by atoms with Crippen LogP contribution in [-0.2, 0) is 12.0 Å². The van der Waals surface area contributed by atoms with Crippen molar-refractivity contribution < 1.29 is 0 Å². The third-order valence-electron chi connectivity index (χ3n) is 1.82. The van der Waals surface area contributed by atoms with Gasteiger partial charge in [-0.1, -0.05) is 26.8 Å². The zero-order valence-electron chi connectivity index (χ0n) is 7.96. The molecule has 2 heteroatoms. The van der Waals surface area contributed by atoms with Crippen molar-refractivity contribution in [2.24, 2.45) is 5.73 Å². The van der Waals surface area contributed by atoms with Crippen LogP contribution in [-0.4, -0.2) is 4.98 Å². The molecule has 12 heavy (non-hydrogen) atoms. The van der Waals surface area contributed by atoms with Crippen molar-refractivity contribution in [3.05, 3.63) is 29.6 Å². The van der Waals surface area contributed by atoms with E-state index in [2.05, 4.69) is 25.8 Å². The van der Waals surface area contributed by atoms with Gasteiger partial charge in [-0.15, -0.1) is 0 Å². The number of aromatic nitrogens is 1. The Morgan fingerprint density at radius 1 is 1.42 bits per heavy atom. The van der Waals surface area contributed by atoms with Crippen LogP contribution >= 0.6 is 0 Å². The third kappa shape index (κ3) is 1.83. The van der Waals surface area contributed by atoms with Crippen LogP contribution in [0.1, 0.15) is 32.0 Å². The molecular formula is C10H16N2. The van der Waals surface area contributed by atoms with E-state index in [1.165, 1.54) is 0 Å². The molecule has 0 radical (unpaired) electrons. The largest absolute Gasteiger partial charge is 0.326 e. The van der Waals surface area contributed by atoms with Crippen LogP contribution in [0, 0.1) is 0 Å². The lowest BCUT2D eigenvalue weighted by Gasteiger charge is -2.20. The average Bonchev–Trinajstić information content (AvgIpc) is 2.03. The highest BCUT2D eigenvalue weighted by atomic mass is 14.7. The van der Waals surface area contributed by atoms with Crippen LogP contribution in [0.5, 0.6) is 0 Å². The first-order valence-corrected chi connectivity index (χ1v) is 4.20. The van der Waals surface area contributed by atoms with E-state index in [9.17, 15) is 0 Å². The molecule has 0 aliphatic carbocycles. The summed E-state index contributed by atoms with van der Waals surface area (Å²) in [6.45, 7) is 7.01. The number of hydrogen-bond donors (Lipinski definition) is 1. The van der Waals surface area contributed by atoms with Crippen molar-refractivity contribution >= 4 is 0 Å². The van der Waals surface area contributed by atoms with Crippen LogP contribution in [0.25, 0.3) is 0 Å². The van der Waals surface area contributed by atoms with E-state index >= 15 is 0 Å². The summed E-state index contributed by atoms with van der Waals surface area (Å²) in [5.41, 5.74) is 7.95. The van der Waals surface area contributed by atoms with E-state index in [1.807, 2.05) is 18.3 Å². The standard InChI is InChI=1S/C10H16N2/c1-10(2,3)9-8(7-11)5-4-6-12-9/h4-6H,7,11H2,1-3H3. The minimum Gasteiger partial charge on any atom is -0.326 e. The molecule has 0 aliphatic rings. The van der Waals surface area contributed by atoms with Gasteiger partial charge in [0.05, 0.1) is 5.69 Å². The molecule has 0 bridgehead atoms. The Hall–Kier alpha value is -0.890. The van der Waals surface area contributed by atoms with Gasteiger partial charge in [0.15, 0.2) is 0 Å². The lowest BCUT2D eigenvalue weighted by Crippen LogP contribution is -2.17. The maximum Gasteiger partial charge on any atom is 0.0501 e. The predicted molar refractivity (Wildman–Crippen MR) is 50.8 cm³/mol. The highest BCUT2D eigenvalue weighted by Crippen LogP contribution is 2.22. The minimum atomic E-state index is 0.0932. The van der Waals surface area contributed by atoms with E-state index < -0.39 is 0 Å². The summed E-state index contributed by atoms with van der Waals surface area (Å²) in [6.07, 6.45) is 1.82. The van der Waals surface area contributed by atoms with Crippen LogP contribution in [0.15, 0.2) is 18.3 Å². The molecule has 1 rings (SSSR count). The van der Waals surface area contributed by atoms with Gasteiger partial charge in [0.1, 0.15) is 0 Å². The number of hydrogen-bond acceptors (Lipinski definition) is 2. The lowest BCUT2D eigenvalue weighted by atomic mass is 9.88. The van der Waals surface area contributed by atoms with Crippen molar-refractivity contribution in [2.75, 3.05) is 0 Å². The lowest BCUT2D eigenvalue weighted by molar-refractivity contribution is 0.560. The molecule has 1 heterocycles. The fourth-order valence-electron chi connectivity index (χ4n) is 1.28. The number of pyridine rings is 1. The summed E-state index contributed by atoms with van der Waals surface area (Å²) in [4.78, 5) is 4.34. The third-order valence-corrected chi connectivity index (χ3v) is 1.82. The maximum atomic E-state index is 5.61. The van der Waals surface area contributed by atoms with Gasteiger partial charge in [0.2, 0.25) is 0 Å². The quantitative estimate of drug-likeness (QED) is 0.687. The van der Waals surface area contributed by atoms with Crippen LogP contribution < -0.4 is 5.73 Å². The van der Waals surface area contributed by atoms with E-state index in [-0.39, 0.29) is 5.41 Å². The van der Waals surface area contributed by atoms with Gasteiger partial charge in [0.25, 0.3) is 0 Å². The van der Waals surface area contributed by atoms with Gasteiger partial charge in [-0.3, -0.25) is 4.98 Å². The molecular weight excluding hydrogens is 148 g/mol. The summed E-state index contributed by atoms with van der Waals surface area (Å²) in [5.74, 6) is 0. The number of nitrogens with two attached hydrogens (primary N) is 1. The summed E-state index contributed by atoms with van der Waals surface area (Å²) in [5, 5.41) is 0. The highest BCUT2D eigenvalue weighted by molar-refractivity contribution is 5.25. The van der Waals surface area contributed by atoms with Gasteiger partial charge in [-0.25, -0.2) is 0 Å². The molecule has 0 spiro atoms. The Balaban J connectivity index is 3.14. The topological polar surface area (TPSA) is 38.9 Å². The van der Waals surface area contributed by atoms with Crippen molar-refractivity contribution in [1.29, 1.82) is 0 Å². The molecule has 0 aliphatic heterocycles. The van der Waals surface area contributed by atoms with Gasteiger partial charge >= 0.3 is 0 Å². The summed E-state index contributed by atoms with van der Waals surface area (Å²) in [7, 11) is 0. The zero-order valence-corrected chi connectivity index (χ0v) is 7.96. The summed E-state index contributed by atoms with van der Waals surface area (Å²) < 4.78 is 0. The first kappa shape index (κ1) is 9.20. The van der Waals surface area contributed by atoms with E-state index in [4.69, 9.17) is 5.73 Å². The monoisotopic (exact) mass is 164 g/mol. The molecule has 0 aromatic carbocycles. The van der Waals surface area contributed by atoms with Crippen LogP contribution in [0.4, 0.5) is 0 Å². The molecule has 0 amide bonds. The second kappa shape index (κ2) is 3.23. The normalized spacial score (nSPS) is 11.7. The molecule has 2 N–H and O–H groups in total. The van der Waals surface area contributed by atoms with E-state index in [1.54, 1.807) is 0 Å².